The Labute approximate surface area is 102 Å². The van der Waals surface area contributed by atoms with E-state index in [1.54, 1.807) is 0 Å². The van der Waals surface area contributed by atoms with Crippen LogP contribution in [0.1, 0.15) is 0 Å². The summed E-state index contributed by atoms with van der Waals surface area (Å²) in [6.45, 7) is 0. The standard InChI is InChI=1S/3Ag.BrH.ClH.HI/h;;;3*1H/q3*+1;;;/p-3. The zero-order valence-electron chi connectivity index (χ0n) is 2.04. The number of hydrogen-bond acceptors (Lipinski definition) is 0. The molecule has 0 aromatic rings. The fraction of sp³-hybridized carbons (Fsp3) is 0. The molecule has 0 bridgehead atoms. The van der Waals surface area contributed by atoms with Gasteiger partial charge >= 0.3 is 87.8 Å². The van der Waals surface area contributed by atoms with Crippen LogP contribution in [-0.4, -0.2) is 0 Å². The van der Waals surface area contributed by atoms with Gasteiger partial charge in [0.25, 0.3) is 0 Å². The second kappa shape index (κ2) is 23.3. The molecule has 0 spiro atoms. The van der Waals surface area contributed by atoms with Crippen LogP contribution in [0.3, 0.4) is 0 Å². The molecule has 0 saturated heterocycles. The van der Waals surface area contributed by atoms with Gasteiger partial charge in [-0.2, -0.15) is 0 Å². The Morgan fingerprint density at radius 1 is 1.33 bits per heavy atom. The van der Waals surface area contributed by atoms with Gasteiger partial charge in [0.15, 0.2) is 0 Å². The van der Waals surface area contributed by atoms with Crippen molar-refractivity contribution in [2.75, 3.05) is 0 Å². The summed E-state index contributed by atoms with van der Waals surface area (Å²) in [7, 11) is 5.02. The summed E-state index contributed by atoms with van der Waals surface area (Å²) >= 11 is 2.60. The second-order valence-corrected chi connectivity index (χ2v) is 5.13. The summed E-state index contributed by atoms with van der Waals surface area (Å²) in [4.78, 5) is 0. The van der Waals surface area contributed by atoms with E-state index in [2.05, 4.69) is 19.0 Å². The molecule has 0 heterocycles. The SMILES string of the molecule is [Ag+].[Ag+].[Br-].[Cl][Ag-][I]. The Bertz CT molecular complexity index is 10.8. The molecule has 6 heavy (non-hydrogen) atoms. The Morgan fingerprint density at radius 3 is 1.33 bits per heavy atom. The van der Waals surface area contributed by atoms with Crippen LogP contribution in [-0.2, 0) is 59.6 Å². The molecule has 0 aromatic carbocycles. The molecule has 0 atom stereocenters. The van der Waals surface area contributed by atoms with Gasteiger partial charge in [0.2, 0.25) is 0 Å². The molecule has 0 nitrogen and oxygen atoms in total. The average molecular weight is 566 g/mol. The fourth-order valence-electron chi connectivity index (χ4n) is 0. The minimum absolute atomic E-state index is 0. The van der Waals surface area contributed by atoms with E-state index in [-0.39, 0.29) is 61.7 Å². The number of hydrogen-bond donors (Lipinski definition) is 0. The monoisotopic (exact) mass is 562 g/mol. The van der Waals surface area contributed by atoms with Crippen LogP contribution in [0.2, 0.25) is 0 Å². The van der Waals surface area contributed by atoms with E-state index in [1.165, 1.54) is 0 Å². The third-order valence-electron chi connectivity index (χ3n) is 0. The van der Waals surface area contributed by atoms with Crippen molar-refractivity contribution < 1.29 is 76.6 Å². The van der Waals surface area contributed by atoms with Crippen molar-refractivity contribution in [3.63, 3.8) is 0 Å². The molecule has 0 aromatic heterocycles. The molecule has 6 heteroatoms. The maximum atomic E-state index is 5.02. The van der Waals surface area contributed by atoms with Gasteiger partial charge in [-0.05, 0) is 0 Å². The number of halogens is 3. The van der Waals surface area contributed by atoms with Gasteiger partial charge in [0.05, 0.1) is 0 Å². The van der Waals surface area contributed by atoms with Crippen molar-refractivity contribution in [3.05, 3.63) is 0 Å². The summed E-state index contributed by atoms with van der Waals surface area (Å²) in [5.41, 5.74) is 0. The molecule has 0 aliphatic rings. The molecule has 0 rings (SSSR count). The van der Waals surface area contributed by atoms with Gasteiger partial charge in [-0.3, -0.25) is 0 Å². The van der Waals surface area contributed by atoms with Gasteiger partial charge in [-0.15, -0.1) is 0 Å². The van der Waals surface area contributed by atoms with Crippen LogP contribution in [0.25, 0.3) is 0 Å². The van der Waals surface area contributed by atoms with Gasteiger partial charge in [-0.25, -0.2) is 0 Å². The van der Waals surface area contributed by atoms with Crippen LogP contribution in [0.5, 0.6) is 0 Å². The van der Waals surface area contributed by atoms with Crippen molar-refractivity contribution >= 4 is 28.2 Å². The number of rotatable bonds is 0. The Balaban J connectivity index is -0.00000000667. The molecule has 0 saturated carbocycles. The maximum absolute atomic E-state index is 5.02. The van der Waals surface area contributed by atoms with Crippen molar-refractivity contribution in [1.82, 2.24) is 0 Å². The van der Waals surface area contributed by atoms with E-state index in [4.69, 9.17) is 9.19 Å². The Kier molecular flexibility index (Phi) is 87.8. The predicted octanol–water partition coefficient (Wildman–Crippen LogP) is -1.43. The minimum atomic E-state index is 0. The second-order valence-electron chi connectivity index (χ2n) is 0.0431. The summed E-state index contributed by atoms with van der Waals surface area (Å²) in [6, 6.07) is 0. The molecule has 0 fully saturated rings. The molecule has 0 radical (unpaired) electrons. The van der Waals surface area contributed by atoms with Crippen LogP contribution in [0.15, 0.2) is 0 Å². The molecule has 0 N–H and O–H groups in total. The third-order valence-corrected chi connectivity index (χ3v) is 0. The average Bonchev–Trinajstić information content (AvgIpc) is 0.918. The van der Waals surface area contributed by atoms with Crippen LogP contribution in [0.4, 0.5) is 0 Å². The molecular weight excluding hydrogens is 566 g/mol. The molecule has 54 valence electrons. The van der Waals surface area contributed by atoms with Crippen LogP contribution >= 0.6 is 28.2 Å². The quantitative estimate of drug-likeness (QED) is 0.250. The third kappa shape index (κ3) is 25.2. The van der Waals surface area contributed by atoms with E-state index in [0.717, 1.165) is 0 Å². The molecule has 0 unspecified atom stereocenters. The Morgan fingerprint density at radius 2 is 1.33 bits per heavy atom. The van der Waals surface area contributed by atoms with E-state index < -0.39 is 0 Å². The molecule has 0 aliphatic carbocycles. The van der Waals surface area contributed by atoms with Crippen LogP contribution < -0.4 is 17.0 Å². The first-order chi connectivity index (χ1) is 1.41. The van der Waals surface area contributed by atoms with Crippen molar-refractivity contribution in [2.24, 2.45) is 0 Å². The molecule has 0 amide bonds. The van der Waals surface area contributed by atoms with Gasteiger partial charge in [-0.1, -0.05) is 0 Å². The van der Waals surface area contributed by atoms with Gasteiger partial charge in [0, 0.05) is 0 Å². The zero-order chi connectivity index (χ0) is 2.71. The zero-order valence-corrected chi connectivity index (χ0v) is 11.0. The summed E-state index contributed by atoms with van der Waals surface area (Å²) in [5, 5.41) is 0. The molecule has 0 aliphatic heterocycles. The van der Waals surface area contributed by atoms with Crippen molar-refractivity contribution in [3.8, 4) is 0 Å². The summed E-state index contributed by atoms with van der Waals surface area (Å²) in [5.74, 6) is 0. The Hall–Kier alpha value is 3.72. The topological polar surface area (TPSA) is 0 Å². The van der Waals surface area contributed by atoms with E-state index >= 15 is 0 Å². The normalized spacial score (nSPS) is 3.67. The summed E-state index contributed by atoms with van der Waals surface area (Å²) in [6.07, 6.45) is 0. The van der Waals surface area contributed by atoms with Gasteiger partial charge in [0.1, 0.15) is 0 Å². The first-order valence-electron chi connectivity index (χ1n) is 0.228. The predicted molar refractivity (Wildman–Crippen MR) is 19.9 cm³/mol. The van der Waals surface area contributed by atoms with E-state index in [0.29, 0.717) is 14.9 Å². The fourth-order valence-corrected chi connectivity index (χ4v) is 0. The molecular formula is Ag3BrClI. The van der Waals surface area contributed by atoms with Crippen molar-refractivity contribution in [2.45, 2.75) is 0 Å². The first-order valence-corrected chi connectivity index (χ1v) is 6.55. The van der Waals surface area contributed by atoms with E-state index in [1.807, 2.05) is 0 Å². The van der Waals surface area contributed by atoms with E-state index in [9.17, 15) is 0 Å². The summed E-state index contributed by atoms with van der Waals surface area (Å²) < 4.78 is 0. The van der Waals surface area contributed by atoms with Crippen LogP contribution in [0, 0.1) is 0 Å². The van der Waals surface area contributed by atoms with Gasteiger partial charge < -0.3 is 17.0 Å². The first kappa shape index (κ1) is 22.6. The van der Waals surface area contributed by atoms with Crippen molar-refractivity contribution in [1.29, 1.82) is 0 Å².